The molecule has 0 spiro atoms. The number of amides is 1. The van der Waals surface area contributed by atoms with Crippen molar-refractivity contribution in [2.45, 2.75) is 38.0 Å². The van der Waals surface area contributed by atoms with Crippen molar-refractivity contribution < 1.29 is 13.2 Å². The molecule has 1 amide bonds. The molecule has 4 heterocycles. The van der Waals surface area contributed by atoms with Crippen LogP contribution >= 0.6 is 0 Å². The third kappa shape index (κ3) is 4.44. The largest absolute Gasteiger partial charge is 0.340 e. The molecule has 3 aliphatic rings. The molecule has 1 N–H and O–H groups in total. The van der Waals surface area contributed by atoms with Gasteiger partial charge >= 0.3 is 0 Å². The topological polar surface area (TPSA) is 98.7 Å². The molecule has 0 radical (unpaired) electrons. The number of carbonyl (C=O) groups excluding carboxylic acids is 1. The highest BCUT2D eigenvalue weighted by atomic mass is 32.2. The quantitative estimate of drug-likeness (QED) is 0.554. The molecular weight excluding hydrogens is 488 g/mol. The number of hydrogen-bond donors (Lipinski definition) is 1. The maximum Gasteiger partial charge on any atom is 0.243 e. The summed E-state index contributed by atoms with van der Waals surface area (Å²) in [6.45, 7) is 6.35. The number of sulfonamides is 1. The molecule has 0 saturated carbocycles. The number of nitrogens with zero attached hydrogens (tertiary/aromatic N) is 5. The lowest BCUT2D eigenvalue weighted by Crippen LogP contribution is -2.49. The molecule has 192 valence electrons. The zero-order valence-corrected chi connectivity index (χ0v) is 21.9. The zero-order valence-electron chi connectivity index (χ0n) is 21.1. The van der Waals surface area contributed by atoms with Crippen LogP contribution in [0.4, 0.5) is 23.1 Å². The Hall–Kier alpha value is -3.50. The normalized spacial score (nSPS) is 17.7. The van der Waals surface area contributed by atoms with Crippen LogP contribution in [0.25, 0.3) is 0 Å². The Morgan fingerprint density at radius 2 is 1.54 bits per heavy atom. The van der Waals surface area contributed by atoms with Gasteiger partial charge in [0, 0.05) is 56.6 Å². The van der Waals surface area contributed by atoms with Crippen LogP contribution in [0.15, 0.2) is 47.4 Å². The Labute approximate surface area is 217 Å². The molecule has 2 aromatic carbocycles. The number of aryl methyl sites for hydroxylation is 3. The molecule has 3 aromatic rings. The van der Waals surface area contributed by atoms with Gasteiger partial charge in [0.15, 0.2) is 0 Å². The van der Waals surface area contributed by atoms with Crippen molar-refractivity contribution in [1.82, 2.24) is 14.3 Å². The predicted molar refractivity (Wildman–Crippen MR) is 143 cm³/mol. The number of hydrogen-bond acceptors (Lipinski definition) is 7. The van der Waals surface area contributed by atoms with Crippen LogP contribution in [0.3, 0.4) is 0 Å². The lowest BCUT2D eigenvalue weighted by molar-refractivity contribution is -0.118. The van der Waals surface area contributed by atoms with Crippen LogP contribution in [0, 0.1) is 13.8 Å². The van der Waals surface area contributed by atoms with Crippen LogP contribution < -0.4 is 15.1 Å². The van der Waals surface area contributed by atoms with E-state index in [9.17, 15) is 13.2 Å². The first-order valence-corrected chi connectivity index (χ1v) is 14.1. The van der Waals surface area contributed by atoms with Crippen LogP contribution in [0.5, 0.6) is 0 Å². The number of rotatable bonds is 5. The first kappa shape index (κ1) is 23.9. The summed E-state index contributed by atoms with van der Waals surface area (Å²) in [5.74, 6) is 1.44. The van der Waals surface area contributed by atoms with Crippen LogP contribution in [0.1, 0.15) is 28.8 Å². The fourth-order valence-electron chi connectivity index (χ4n) is 5.40. The van der Waals surface area contributed by atoms with Crippen molar-refractivity contribution in [3.8, 4) is 0 Å². The third-order valence-corrected chi connectivity index (χ3v) is 9.23. The minimum Gasteiger partial charge on any atom is -0.340 e. The van der Waals surface area contributed by atoms with Gasteiger partial charge in [-0.3, -0.25) is 4.79 Å². The van der Waals surface area contributed by atoms with Gasteiger partial charge in [0.05, 0.1) is 10.6 Å². The highest BCUT2D eigenvalue weighted by Gasteiger charge is 2.35. The number of benzene rings is 2. The molecule has 0 aliphatic carbocycles. The van der Waals surface area contributed by atoms with Crippen LogP contribution in [-0.4, -0.2) is 61.3 Å². The molecule has 0 bridgehead atoms. The molecule has 10 heteroatoms. The minimum absolute atomic E-state index is 0.133. The number of nitrogens with one attached hydrogen (secondary N) is 1. The van der Waals surface area contributed by atoms with Gasteiger partial charge in [-0.15, -0.1) is 0 Å². The van der Waals surface area contributed by atoms with Gasteiger partial charge < -0.3 is 15.1 Å². The average molecular weight is 519 g/mol. The first-order chi connectivity index (χ1) is 17.8. The van der Waals surface area contributed by atoms with E-state index in [1.54, 1.807) is 16.4 Å². The van der Waals surface area contributed by atoms with E-state index >= 15 is 0 Å². The summed E-state index contributed by atoms with van der Waals surface area (Å²) in [6.07, 6.45) is 1.74. The van der Waals surface area contributed by atoms with E-state index in [1.807, 2.05) is 54.0 Å². The Morgan fingerprint density at radius 3 is 2.27 bits per heavy atom. The summed E-state index contributed by atoms with van der Waals surface area (Å²) in [6, 6.07) is 13.6. The molecule has 1 aromatic heterocycles. The first-order valence-electron chi connectivity index (χ1n) is 12.7. The van der Waals surface area contributed by atoms with Gasteiger partial charge in [0.1, 0.15) is 5.82 Å². The van der Waals surface area contributed by atoms with Crippen molar-refractivity contribution in [3.63, 3.8) is 0 Å². The second-order valence-electron chi connectivity index (χ2n) is 9.96. The monoisotopic (exact) mass is 518 g/mol. The Kier molecular flexibility index (Phi) is 5.88. The summed E-state index contributed by atoms with van der Waals surface area (Å²) in [7, 11) is -3.64. The molecule has 9 nitrogen and oxygen atoms in total. The fraction of sp³-hybridized carbons (Fsp3) is 0.370. The summed E-state index contributed by atoms with van der Waals surface area (Å²) in [5, 5.41) is 3.34. The maximum atomic E-state index is 13.6. The summed E-state index contributed by atoms with van der Waals surface area (Å²) < 4.78 is 28.7. The Morgan fingerprint density at radius 1 is 0.838 bits per heavy atom. The van der Waals surface area contributed by atoms with E-state index in [0.717, 1.165) is 28.2 Å². The van der Waals surface area contributed by atoms with Crippen molar-refractivity contribution in [2.24, 2.45) is 0 Å². The summed E-state index contributed by atoms with van der Waals surface area (Å²) in [4.78, 5) is 25.7. The lowest BCUT2D eigenvalue weighted by atomic mass is 10.00. The van der Waals surface area contributed by atoms with E-state index in [4.69, 9.17) is 4.98 Å². The van der Waals surface area contributed by atoms with Crippen molar-refractivity contribution in [2.75, 3.05) is 47.8 Å². The van der Waals surface area contributed by atoms with Gasteiger partial charge in [0.25, 0.3) is 0 Å². The van der Waals surface area contributed by atoms with Crippen molar-refractivity contribution in [1.29, 1.82) is 0 Å². The van der Waals surface area contributed by atoms with Gasteiger partial charge in [-0.05, 0) is 62.1 Å². The standard InChI is InChI=1S/C27H30N6O3S/c1-18-3-6-22(7-4-18)29-24-15-19(2)28-27(30-24)31-11-13-32(14-12-31)37(35,36)23-16-20-5-8-25(34)33-10-9-21(17-23)26(20)33/h3-4,6-7,15-17H,5,8-14H2,1-2H3,(H,28,29,30). The molecule has 37 heavy (non-hydrogen) atoms. The third-order valence-electron chi connectivity index (χ3n) is 7.35. The SMILES string of the molecule is Cc1ccc(Nc2cc(C)nc(N3CCN(S(=O)(=O)c4cc5c6c(c4)CCN6C(=O)CC5)CC3)n2)cc1. The highest BCUT2D eigenvalue weighted by Crippen LogP contribution is 2.39. The molecule has 3 aliphatic heterocycles. The van der Waals surface area contributed by atoms with E-state index < -0.39 is 10.0 Å². The molecule has 6 rings (SSSR count). The maximum absolute atomic E-state index is 13.6. The molecule has 1 fully saturated rings. The second kappa shape index (κ2) is 9.11. The van der Waals surface area contributed by atoms with Gasteiger partial charge in [-0.25, -0.2) is 13.4 Å². The lowest BCUT2D eigenvalue weighted by Gasteiger charge is -2.34. The molecule has 0 unspecified atom stereocenters. The van der Waals surface area contributed by atoms with Crippen LogP contribution in [-0.2, 0) is 27.7 Å². The molecular formula is C27H30N6O3S. The second-order valence-corrected chi connectivity index (χ2v) is 11.9. The Bertz CT molecular complexity index is 1480. The van der Waals surface area contributed by atoms with E-state index in [-0.39, 0.29) is 5.91 Å². The smallest absolute Gasteiger partial charge is 0.243 e. The van der Waals surface area contributed by atoms with Gasteiger partial charge in [-0.1, -0.05) is 17.7 Å². The number of anilines is 4. The van der Waals surface area contributed by atoms with E-state index in [2.05, 4.69) is 10.3 Å². The van der Waals surface area contributed by atoms with E-state index in [1.165, 1.54) is 5.56 Å². The predicted octanol–water partition coefficient (Wildman–Crippen LogP) is 3.18. The minimum atomic E-state index is -3.64. The fourth-order valence-corrected chi connectivity index (χ4v) is 6.92. The van der Waals surface area contributed by atoms with Crippen molar-refractivity contribution >= 4 is 39.1 Å². The average Bonchev–Trinajstić information content (AvgIpc) is 3.33. The van der Waals surface area contributed by atoms with Crippen LogP contribution in [0.2, 0.25) is 0 Å². The molecule has 0 atom stereocenters. The van der Waals surface area contributed by atoms with Gasteiger partial charge in [-0.2, -0.15) is 9.29 Å². The number of carbonyl (C=O) groups is 1. The Balaban J connectivity index is 1.18. The highest BCUT2D eigenvalue weighted by molar-refractivity contribution is 7.89. The zero-order chi connectivity index (χ0) is 25.7. The van der Waals surface area contributed by atoms with E-state index in [0.29, 0.717) is 68.6 Å². The number of piperazine rings is 1. The van der Waals surface area contributed by atoms with Crippen molar-refractivity contribution in [3.05, 3.63) is 64.8 Å². The summed E-state index contributed by atoms with van der Waals surface area (Å²) in [5.41, 5.74) is 5.85. The van der Waals surface area contributed by atoms with Gasteiger partial charge in [0.2, 0.25) is 21.9 Å². The number of aromatic nitrogens is 2. The molecule has 1 saturated heterocycles. The summed E-state index contributed by atoms with van der Waals surface area (Å²) >= 11 is 0.